The Morgan fingerprint density at radius 3 is 1.91 bits per heavy atom. The molecule has 0 bridgehead atoms. The second kappa shape index (κ2) is 5.15. The number of hydrogen-bond donors (Lipinski definition) is 1. The van der Waals surface area contributed by atoms with Crippen LogP contribution in [0.15, 0.2) is 48.5 Å². The van der Waals surface area contributed by atoms with Crippen LogP contribution in [0.25, 0.3) is 11.1 Å². The minimum Gasteiger partial charge on any atom is -0.507 e. The SMILES string of the molecule is CC1(C)OB(c2ccc(-c3ccccc3O)cc2)OC1(C)C. The van der Waals surface area contributed by atoms with Crippen LogP contribution >= 0.6 is 0 Å². The van der Waals surface area contributed by atoms with Crippen molar-refractivity contribution in [1.29, 1.82) is 0 Å². The standard InChI is InChI=1S/C18H21BO3/c1-17(2)18(3,4)22-19(21-17)14-11-9-13(10-12-14)15-7-5-6-8-16(15)20/h5-12,20H,1-4H3. The van der Waals surface area contributed by atoms with Crippen molar-refractivity contribution in [1.82, 2.24) is 0 Å². The lowest BCUT2D eigenvalue weighted by Crippen LogP contribution is -2.41. The predicted octanol–water partition coefficient (Wildman–Crippen LogP) is 3.36. The van der Waals surface area contributed by atoms with Gasteiger partial charge in [0.15, 0.2) is 0 Å². The smallest absolute Gasteiger partial charge is 0.494 e. The fraction of sp³-hybridized carbons (Fsp3) is 0.333. The lowest BCUT2D eigenvalue weighted by molar-refractivity contribution is 0.00578. The topological polar surface area (TPSA) is 38.7 Å². The number of phenols is 1. The van der Waals surface area contributed by atoms with E-state index in [0.29, 0.717) is 0 Å². The molecule has 1 heterocycles. The fourth-order valence-electron chi connectivity index (χ4n) is 2.52. The lowest BCUT2D eigenvalue weighted by Gasteiger charge is -2.32. The van der Waals surface area contributed by atoms with Gasteiger partial charge in [0.2, 0.25) is 0 Å². The van der Waals surface area contributed by atoms with Crippen LogP contribution in [0.2, 0.25) is 0 Å². The molecule has 1 fully saturated rings. The highest BCUT2D eigenvalue weighted by Gasteiger charge is 2.51. The van der Waals surface area contributed by atoms with Crippen molar-refractivity contribution in [2.24, 2.45) is 0 Å². The van der Waals surface area contributed by atoms with E-state index in [2.05, 4.69) is 0 Å². The molecule has 0 aromatic heterocycles. The molecule has 3 rings (SSSR count). The molecule has 2 aromatic rings. The maximum absolute atomic E-state index is 9.93. The Balaban J connectivity index is 1.86. The van der Waals surface area contributed by atoms with E-state index in [4.69, 9.17) is 9.31 Å². The fourth-order valence-corrected chi connectivity index (χ4v) is 2.52. The zero-order valence-corrected chi connectivity index (χ0v) is 13.5. The van der Waals surface area contributed by atoms with Crippen LogP contribution < -0.4 is 5.46 Å². The van der Waals surface area contributed by atoms with Crippen LogP contribution in [0.1, 0.15) is 27.7 Å². The quantitative estimate of drug-likeness (QED) is 0.864. The number of hydrogen-bond acceptors (Lipinski definition) is 3. The molecule has 3 nitrogen and oxygen atoms in total. The van der Waals surface area contributed by atoms with E-state index >= 15 is 0 Å². The first kappa shape index (κ1) is 15.1. The molecule has 1 aliphatic rings. The van der Waals surface area contributed by atoms with Crippen molar-refractivity contribution in [2.45, 2.75) is 38.9 Å². The molecule has 0 aliphatic carbocycles. The van der Waals surface area contributed by atoms with Gasteiger partial charge in [-0.1, -0.05) is 42.5 Å². The summed E-state index contributed by atoms with van der Waals surface area (Å²) in [5, 5.41) is 9.93. The van der Waals surface area contributed by atoms with Gasteiger partial charge >= 0.3 is 7.12 Å². The second-order valence-corrected chi connectivity index (χ2v) is 6.73. The Labute approximate surface area is 132 Å². The summed E-state index contributed by atoms with van der Waals surface area (Å²) in [6.07, 6.45) is 0. The van der Waals surface area contributed by atoms with E-state index < -0.39 is 0 Å². The van der Waals surface area contributed by atoms with Crippen molar-refractivity contribution in [3.8, 4) is 16.9 Å². The molecule has 2 aromatic carbocycles. The highest BCUT2D eigenvalue weighted by molar-refractivity contribution is 6.62. The molecular formula is C18H21BO3. The molecule has 0 spiro atoms. The predicted molar refractivity (Wildman–Crippen MR) is 89.3 cm³/mol. The van der Waals surface area contributed by atoms with Crippen molar-refractivity contribution in [3.05, 3.63) is 48.5 Å². The molecule has 1 aliphatic heterocycles. The van der Waals surface area contributed by atoms with Gasteiger partial charge in [-0.3, -0.25) is 0 Å². The summed E-state index contributed by atoms with van der Waals surface area (Å²) in [6, 6.07) is 15.3. The minimum atomic E-state index is -0.358. The molecule has 0 amide bonds. The van der Waals surface area contributed by atoms with Gasteiger partial charge in [-0.25, -0.2) is 0 Å². The lowest BCUT2D eigenvalue weighted by atomic mass is 9.78. The summed E-state index contributed by atoms with van der Waals surface area (Å²) >= 11 is 0. The first-order valence-corrected chi connectivity index (χ1v) is 7.54. The van der Waals surface area contributed by atoms with Gasteiger partial charge in [-0.05, 0) is 44.8 Å². The molecule has 114 valence electrons. The molecular weight excluding hydrogens is 275 g/mol. The summed E-state index contributed by atoms with van der Waals surface area (Å²) in [4.78, 5) is 0. The van der Waals surface area contributed by atoms with Crippen molar-refractivity contribution in [2.75, 3.05) is 0 Å². The molecule has 0 saturated carbocycles. The van der Waals surface area contributed by atoms with E-state index in [0.717, 1.165) is 16.6 Å². The molecule has 1 N–H and O–H groups in total. The van der Waals surface area contributed by atoms with E-state index in [1.807, 2.05) is 70.2 Å². The Bertz CT molecular complexity index is 661. The number of para-hydroxylation sites is 1. The third kappa shape index (κ3) is 2.53. The van der Waals surface area contributed by atoms with Crippen molar-refractivity contribution in [3.63, 3.8) is 0 Å². The summed E-state index contributed by atoms with van der Waals surface area (Å²) < 4.78 is 12.1. The van der Waals surface area contributed by atoms with Gasteiger partial charge in [-0.15, -0.1) is 0 Å². The number of benzene rings is 2. The number of aromatic hydroxyl groups is 1. The van der Waals surface area contributed by atoms with Crippen LogP contribution in [-0.4, -0.2) is 23.4 Å². The third-order valence-corrected chi connectivity index (χ3v) is 4.65. The maximum Gasteiger partial charge on any atom is 0.494 e. The molecule has 0 atom stereocenters. The Morgan fingerprint density at radius 1 is 0.818 bits per heavy atom. The number of rotatable bonds is 2. The highest BCUT2D eigenvalue weighted by Crippen LogP contribution is 2.36. The third-order valence-electron chi connectivity index (χ3n) is 4.65. The minimum absolute atomic E-state index is 0.283. The normalized spacial score (nSPS) is 19.4. The highest BCUT2D eigenvalue weighted by atomic mass is 16.7. The average Bonchev–Trinajstić information content (AvgIpc) is 2.68. The van der Waals surface area contributed by atoms with Gasteiger partial charge in [0, 0.05) is 5.56 Å². The summed E-state index contributed by atoms with van der Waals surface area (Å²) in [7, 11) is -0.358. The van der Waals surface area contributed by atoms with Crippen LogP contribution in [0, 0.1) is 0 Å². The van der Waals surface area contributed by atoms with Gasteiger partial charge in [-0.2, -0.15) is 0 Å². The van der Waals surface area contributed by atoms with Gasteiger partial charge in [0.05, 0.1) is 11.2 Å². The van der Waals surface area contributed by atoms with Gasteiger partial charge in [0.25, 0.3) is 0 Å². The Hall–Kier alpha value is -1.78. The van der Waals surface area contributed by atoms with E-state index in [9.17, 15) is 5.11 Å². The van der Waals surface area contributed by atoms with Crippen molar-refractivity contribution >= 4 is 12.6 Å². The first-order chi connectivity index (χ1) is 10.3. The zero-order valence-electron chi connectivity index (χ0n) is 13.5. The molecule has 0 radical (unpaired) electrons. The Kier molecular flexibility index (Phi) is 3.54. The summed E-state index contributed by atoms with van der Waals surface area (Å²) in [5.41, 5.74) is 2.10. The van der Waals surface area contributed by atoms with E-state index in [1.165, 1.54) is 0 Å². The molecule has 0 unspecified atom stereocenters. The summed E-state index contributed by atoms with van der Waals surface area (Å²) in [6.45, 7) is 8.18. The Morgan fingerprint density at radius 2 is 1.36 bits per heavy atom. The monoisotopic (exact) mass is 296 g/mol. The van der Waals surface area contributed by atoms with Gasteiger partial charge in [0.1, 0.15) is 5.75 Å². The van der Waals surface area contributed by atoms with Crippen LogP contribution in [0.4, 0.5) is 0 Å². The molecule has 4 heteroatoms. The van der Waals surface area contributed by atoms with Crippen LogP contribution in [0.3, 0.4) is 0 Å². The first-order valence-electron chi connectivity index (χ1n) is 7.54. The second-order valence-electron chi connectivity index (χ2n) is 6.73. The summed E-state index contributed by atoms with van der Waals surface area (Å²) in [5.74, 6) is 0.283. The molecule has 22 heavy (non-hydrogen) atoms. The maximum atomic E-state index is 9.93. The van der Waals surface area contributed by atoms with E-state index in [-0.39, 0.29) is 24.1 Å². The largest absolute Gasteiger partial charge is 0.507 e. The molecule has 1 saturated heterocycles. The van der Waals surface area contributed by atoms with Gasteiger partial charge < -0.3 is 14.4 Å². The van der Waals surface area contributed by atoms with Crippen molar-refractivity contribution < 1.29 is 14.4 Å². The van der Waals surface area contributed by atoms with Crippen LogP contribution in [-0.2, 0) is 9.31 Å². The van der Waals surface area contributed by atoms with Crippen LogP contribution in [0.5, 0.6) is 5.75 Å². The van der Waals surface area contributed by atoms with E-state index in [1.54, 1.807) is 6.07 Å². The average molecular weight is 296 g/mol. The number of phenolic OH excluding ortho intramolecular Hbond substituents is 1. The zero-order chi connectivity index (χ0) is 16.0.